The van der Waals surface area contributed by atoms with Gasteiger partial charge in [-0.1, -0.05) is 18.2 Å². The maximum absolute atomic E-state index is 5.66. The average molecular weight is 271 g/mol. The van der Waals surface area contributed by atoms with Crippen LogP contribution in [-0.2, 0) is 0 Å². The van der Waals surface area contributed by atoms with E-state index in [9.17, 15) is 0 Å². The quantitative estimate of drug-likeness (QED) is 0.857. The summed E-state index contributed by atoms with van der Waals surface area (Å²) in [5.74, 6) is 3.42. The Hall–Kier alpha value is -1.48. The van der Waals surface area contributed by atoms with Gasteiger partial charge >= 0.3 is 0 Å². The number of allylic oxidation sites excluding steroid dienone is 1. The lowest BCUT2D eigenvalue weighted by atomic mass is 9.71. The third kappa shape index (κ3) is 2.01. The van der Waals surface area contributed by atoms with Crippen LogP contribution in [0.1, 0.15) is 31.4 Å². The molecule has 4 atom stereocenters. The van der Waals surface area contributed by atoms with Crippen molar-refractivity contribution in [1.29, 1.82) is 0 Å². The zero-order valence-electron chi connectivity index (χ0n) is 11.8. The fraction of sp³-hybridized carbons (Fsp3) is 0.529. The van der Waals surface area contributed by atoms with Crippen LogP contribution in [-0.4, -0.2) is 19.3 Å². The summed E-state index contributed by atoms with van der Waals surface area (Å²) in [6.45, 7) is 3.53. The Kier molecular flexibility index (Phi) is 2.95. The van der Waals surface area contributed by atoms with Crippen LogP contribution in [0.25, 0.3) is 0 Å². The van der Waals surface area contributed by atoms with Crippen LogP contribution < -0.4 is 14.8 Å². The lowest BCUT2D eigenvalue weighted by Crippen LogP contribution is -2.48. The molecule has 0 aromatic heterocycles. The Morgan fingerprint density at radius 2 is 2.05 bits per heavy atom. The van der Waals surface area contributed by atoms with Crippen molar-refractivity contribution in [1.82, 2.24) is 5.32 Å². The highest BCUT2D eigenvalue weighted by Gasteiger charge is 2.41. The van der Waals surface area contributed by atoms with Crippen LogP contribution in [0.2, 0.25) is 0 Å². The molecule has 4 rings (SSSR count). The van der Waals surface area contributed by atoms with Gasteiger partial charge in [0, 0.05) is 12.1 Å². The summed E-state index contributed by atoms with van der Waals surface area (Å²) in [5.41, 5.74) is 1.28. The molecule has 1 aromatic rings. The number of fused-ring (bicyclic) bond motifs is 2. The summed E-state index contributed by atoms with van der Waals surface area (Å²) in [5, 5.41) is 3.76. The van der Waals surface area contributed by atoms with Crippen LogP contribution in [0.3, 0.4) is 0 Å². The molecule has 1 aromatic carbocycles. The smallest absolute Gasteiger partial charge is 0.161 e. The van der Waals surface area contributed by atoms with Gasteiger partial charge in [0.2, 0.25) is 0 Å². The highest BCUT2D eigenvalue weighted by atomic mass is 16.6. The maximum atomic E-state index is 5.66. The van der Waals surface area contributed by atoms with E-state index in [1.165, 1.54) is 18.4 Å². The van der Waals surface area contributed by atoms with Gasteiger partial charge < -0.3 is 14.8 Å². The average Bonchev–Trinajstić information content (AvgIpc) is 2.85. The summed E-state index contributed by atoms with van der Waals surface area (Å²) >= 11 is 0. The zero-order chi connectivity index (χ0) is 13.5. The third-order valence-corrected chi connectivity index (χ3v) is 4.89. The molecule has 20 heavy (non-hydrogen) atoms. The van der Waals surface area contributed by atoms with Gasteiger partial charge in [-0.3, -0.25) is 0 Å². The van der Waals surface area contributed by atoms with Crippen molar-refractivity contribution in [3.8, 4) is 11.5 Å². The largest absolute Gasteiger partial charge is 0.486 e. The predicted molar refractivity (Wildman–Crippen MR) is 78.1 cm³/mol. The van der Waals surface area contributed by atoms with Gasteiger partial charge in [0.25, 0.3) is 0 Å². The van der Waals surface area contributed by atoms with Crippen molar-refractivity contribution in [2.24, 2.45) is 11.8 Å². The Bertz CT molecular complexity index is 540. The highest BCUT2D eigenvalue weighted by Crippen LogP contribution is 2.43. The van der Waals surface area contributed by atoms with Crippen molar-refractivity contribution in [2.45, 2.75) is 31.8 Å². The van der Waals surface area contributed by atoms with Gasteiger partial charge in [0.05, 0.1) is 0 Å². The van der Waals surface area contributed by atoms with E-state index in [0.29, 0.717) is 25.3 Å². The summed E-state index contributed by atoms with van der Waals surface area (Å²) in [7, 11) is 0. The van der Waals surface area contributed by atoms with Gasteiger partial charge in [-0.15, -0.1) is 0 Å². The first-order valence-corrected chi connectivity index (χ1v) is 7.63. The van der Waals surface area contributed by atoms with E-state index < -0.39 is 0 Å². The van der Waals surface area contributed by atoms with E-state index in [0.717, 1.165) is 23.3 Å². The molecule has 0 saturated heterocycles. The van der Waals surface area contributed by atoms with Crippen molar-refractivity contribution in [2.75, 3.05) is 13.2 Å². The standard InChI is InChI=1S/C17H21NO2/c1-11(18-15-9-13-3-2-4-14(13)15)12-5-6-16-17(10-12)20-8-7-19-16/h2,4-6,10-11,13-15,18H,3,7-9H2,1H3/t11-,13-,14+,15-/m1/s1. The minimum absolute atomic E-state index is 0.353. The van der Waals surface area contributed by atoms with E-state index in [4.69, 9.17) is 9.47 Å². The molecular formula is C17H21NO2. The molecule has 3 aliphatic rings. The normalized spacial score (nSPS) is 31.6. The van der Waals surface area contributed by atoms with E-state index >= 15 is 0 Å². The number of rotatable bonds is 3. The van der Waals surface area contributed by atoms with E-state index in [1.807, 2.05) is 6.07 Å². The van der Waals surface area contributed by atoms with Gasteiger partial charge in [-0.05, 0) is 49.3 Å². The Balaban J connectivity index is 1.45. The third-order valence-electron chi connectivity index (χ3n) is 4.89. The Morgan fingerprint density at radius 3 is 2.90 bits per heavy atom. The second kappa shape index (κ2) is 4.81. The number of hydrogen-bond acceptors (Lipinski definition) is 3. The molecule has 1 heterocycles. The van der Waals surface area contributed by atoms with Crippen LogP contribution in [0.4, 0.5) is 0 Å². The second-order valence-electron chi connectivity index (χ2n) is 6.13. The first kappa shape index (κ1) is 12.3. The molecule has 0 spiro atoms. The molecule has 0 unspecified atom stereocenters. The zero-order valence-corrected chi connectivity index (χ0v) is 11.8. The van der Waals surface area contributed by atoms with Gasteiger partial charge in [-0.25, -0.2) is 0 Å². The SMILES string of the molecule is C[C@@H](N[C@@H]1C[C@H]2CC=C[C@@H]21)c1ccc2c(c1)OCCO2. The van der Waals surface area contributed by atoms with E-state index in [1.54, 1.807) is 0 Å². The molecule has 1 aliphatic heterocycles. The molecule has 0 radical (unpaired) electrons. The second-order valence-corrected chi connectivity index (χ2v) is 6.13. The molecule has 2 aliphatic carbocycles. The molecule has 0 amide bonds. The number of hydrogen-bond donors (Lipinski definition) is 1. The Morgan fingerprint density at radius 1 is 1.20 bits per heavy atom. The fourth-order valence-corrected chi connectivity index (χ4v) is 3.65. The van der Waals surface area contributed by atoms with Crippen molar-refractivity contribution < 1.29 is 9.47 Å². The summed E-state index contributed by atoms with van der Waals surface area (Å²) in [4.78, 5) is 0. The topological polar surface area (TPSA) is 30.5 Å². The first-order chi connectivity index (χ1) is 9.81. The minimum atomic E-state index is 0.353. The van der Waals surface area contributed by atoms with E-state index in [-0.39, 0.29) is 0 Å². The summed E-state index contributed by atoms with van der Waals surface area (Å²) < 4.78 is 11.2. The van der Waals surface area contributed by atoms with Gasteiger partial charge in [0.15, 0.2) is 11.5 Å². The number of benzene rings is 1. The minimum Gasteiger partial charge on any atom is -0.486 e. The molecule has 3 nitrogen and oxygen atoms in total. The van der Waals surface area contributed by atoms with Crippen molar-refractivity contribution in [3.05, 3.63) is 35.9 Å². The van der Waals surface area contributed by atoms with Crippen LogP contribution in [0, 0.1) is 11.8 Å². The van der Waals surface area contributed by atoms with Crippen LogP contribution >= 0.6 is 0 Å². The van der Waals surface area contributed by atoms with Crippen molar-refractivity contribution >= 4 is 0 Å². The summed E-state index contributed by atoms with van der Waals surface area (Å²) in [6.07, 6.45) is 7.32. The van der Waals surface area contributed by atoms with Gasteiger partial charge in [0.1, 0.15) is 13.2 Å². The highest BCUT2D eigenvalue weighted by molar-refractivity contribution is 5.44. The molecule has 106 valence electrons. The number of ether oxygens (including phenoxy) is 2. The summed E-state index contributed by atoms with van der Waals surface area (Å²) in [6, 6.07) is 7.28. The predicted octanol–water partition coefficient (Wildman–Crippen LogP) is 3.07. The fourth-order valence-electron chi connectivity index (χ4n) is 3.65. The molecule has 1 N–H and O–H groups in total. The lowest BCUT2D eigenvalue weighted by molar-refractivity contribution is 0.152. The molecule has 0 bridgehead atoms. The lowest BCUT2D eigenvalue weighted by Gasteiger charge is -2.42. The first-order valence-electron chi connectivity index (χ1n) is 7.63. The van der Waals surface area contributed by atoms with Crippen molar-refractivity contribution in [3.63, 3.8) is 0 Å². The molecule has 1 saturated carbocycles. The monoisotopic (exact) mass is 271 g/mol. The molecular weight excluding hydrogens is 250 g/mol. The molecule has 1 fully saturated rings. The van der Waals surface area contributed by atoms with Crippen LogP contribution in [0.15, 0.2) is 30.4 Å². The molecule has 3 heteroatoms. The van der Waals surface area contributed by atoms with Gasteiger partial charge in [-0.2, -0.15) is 0 Å². The maximum Gasteiger partial charge on any atom is 0.161 e. The number of nitrogens with one attached hydrogen (secondary N) is 1. The Labute approximate surface area is 120 Å². The van der Waals surface area contributed by atoms with Crippen LogP contribution in [0.5, 0.6) is 11.5 Å². The van der Waals surface area contributed by atoms with E-state index in [2.05, 4.69) is 36.5 Å².